The van der Waals surface area contributed by atoms with Crippen LogP contribution in [0.3, 0.4) is 0 Å². The van der Waals surface area contributed by atoms with E-state index in [-0.39, 0.29) is 11.0 Å². The molecule has 4 aliphatic rings. The summed E-state index contributed by atoms with van der Waals surface area (Å²) in [6.45, 7) is 13.0. The van der Waals surface area contributed by atoms with E-state index in [0.29, 0.717) is 53.2 Å². The largest absolute Gasteiger partial charge is 0.494 e. The zero-order valence-electron chi connectivity index (χ0n) is 23.9. The number of hydrogen-bond acceptors (Lipinski definition) is 4. The van der Waals surface area contributed by atoms with E-state index in [2.05, 4.69) is 64.2 Å². The molecule has 0 heterocycles. The summed E-state index contributed by atoms with van der Waals surface area (Å²) in [4.78, 5) is 25.7. The Labute approximate surface area is 224 Å². The summed E-state index contributed by atoms with van der Waals surface area (Å²) < 4.78 is 6.36. The van der Waals surface area contributed by atoms with Gasteiger partial charge in [0.15, 0.2) is 0 Å². The van der Waals surface area contributed by atoms with Crippen LogP contribution in [0, 0.1) is 40.4 Å². The second kappa shape index (κ2) is 10.1. The smallest absolute Gasteiger partial charge is 0.139 e. The van der Waals surface area contributed by atoms with Crippen LogP contribution in [0.4, 0.5) is 0 Å². The van der Waals surface area contributed by atoms with E-state index in [1.807, 2.05) is 0 Å². The Morgan fingerprint density at radius 2 is 1.86 bits per heavy atom. The lowest BCUT2D eigenvalue weighted by molar-refractivity contribution is -0.147. The van der Waals surface area contributed by atoms with Gasteiger partial charge in [0.2, 0.25) is 0 Å². The monoisotopic (exact) mass is 507 g/mol. The maximum atomic E-state index is 13.5. The number of fused-ring (bicyclic) bond motifs is 5. The number of ketones is 2. The van der Waals surface area contributed by atoms with Crippen molar-refractivity contribution in [3.63, 3.8) is 0 Å². The Morgan fingerprint density at radius 3 is 2.65 bits per heavy atom. The van der Waals surface area contributed by atoms with Gasteiger partial charge in [-0.2, -0.15) is 0 Å². The predicted molar refractivity (Wildman–Crippen MR) is 148 cm³/mol. The number of carbonyl (C=O) groups is 2. The van der Waals surface area contributed by atoms with Crippen LogP contribution in [0.2, 0.25) is 0 Å². The lowest BCUT2D eigenvalue weighted by Gasteiger charge is -2.59. The summed E-state index contributed by atoms with van der Waals surface area (Å²) in [7, 11) is 0. The highest BCUT2D eigenvalue weighted by molar-refractivity contribution is 5.87. The van der Waals surface area contributed by atoms with Crippen molar-refractivity contribution in [3.8, 4) is 5.75 Å². The van der Waals surface area contributed by atoms with Crippen molar-refractivity contribution in [1.29, 1.82) is 0 Å². The second-order valence-electron chi connectivity index (χ2n) is 14.1. The van der Waals surface area contributed by atoms with Crippen LogP contribution in [-0.4, -0.2) is 24.7 Å². The van der Waals surface area contributed by atoms with Crippen molar-refractivity contribution >= 4 is 11.6 Å². The summed E-state index contributed by atoms with van der Waals surface area (Å²) in [5.74, 6) is 4.87. The normalized spacial score (nSPS) is 35.7. The zero-order valence-corrected chi connectivity index (χ0v) is 23.9. The average Bonchev–Trinajstić information content (AvgIpc) is 3.20. The molecule has 0 spiro atoms. The van der Waals surface area contributed by atoms with Gasteiger partial charge in [0.05, 0.1) is 6.61 Å². The van der Waals surface area contributed by atoms with Crippen LogP contribution >= 0.6 is 0 Å². The fourth-order valence-electron chi connectivity index (χ4n) is 8.97. The van der Waals surface area contributed by atoms with Gasteiger partial charge >= 0.3 is 0 Å². The third-order valence-electron chi connectivity index (χ3n) is 11.3. The molecule has 4 unspecified atom stereocenters. The van der Waals surface area contributed by atoms with Gasteiger partial charge in [-0.25, -0.2) is 0 Å². The molecule has 1 aromatic rings. The summed E-state index contributed by atoms with van der Waals surface area (Å²) in [6, 6.07) is 8.48. The molecular formula is C33H49NO3. The Morgan fingerprint density at radius 1 is 1.05 bits per heavy atom. The molecule has 0 amide bonds. The van der Waals surface area contributed by atoms with Crippen LogP contribution in [0.15, 0.2) is 24.3 Å². The first-order valence-corrected chi connectivity index (χ1v) is 15.1. The minimum atomic E-state index is -0.190. The minimum absolute atomic E-state index is 0.119. The molecule has 0 bridgehead atoms. The van der Waals surface area contributed by atoms with E-state index >= 15 is 0 Å². The van der Waals surface area contributed by atoms with Crippen LogP contribution in [0.1, 0.15) is 104 Å². The van der Waals surface area contributed by atoms with E-state index in [4.69, 9.17) is 4.74 Å². The van der Waals surface area contributed by atoms with Crippen molar-refractivity contribution in [3.05, 3.63) is 29.8 Å². The van der Waals surface area contributed by atoms with Gasteiger partial charge < -0.3 is 10.1 Å². The van der Waals surface area contributed by atoms with Gasteiger partial charge in [-0.3, -0.25) is 9.59 Å². The van der Waals surface area contributed by atoms with Crippen LogP contribution in [0.5, 0.6) is 5.75 Å². The first-order valence-electron chi connectivity index (χ1n) is 15.1. The predicted octanol–water partition coefficient (Wildman–Crippen LogP) is 7.10. The zero-order chi connectivity index (χ0) is 26.4. The number of carbonyl (C=O) groups excluding carboxylic acids is 2. The molecule has 0 aliphatic heterocycles. The third kappa shape index (κ3) is 4.92. The molecule has 5 rings (SSSR count). The molecule has 6 atom stereocenters. The topological polar surface area (TPSA) is 55.4 Å². The molecule has 4 aliphatic carbocycles. The molecule has 4 fully saturated rings. The summed E-state index contributed by atoms with van der Waals surface area (Å²) in [5, 5.41) is 3.68. The van der Waals surface area contributed by atoms with E-state index in [1.54, 1.807) is 0 Å². The number of Topliss-reactive ketones (excluding diaryl/α,β-unsaturated/α-hetero) is 2. The van der Waals surface area contributed by atoms with Crippen LogP contribution in [0.25, 0.3) is 0 Å². The van der Waals surface area contributed by atoms with E-state index in [0.717, 1.165) is 63.7 Å². The fourth-order valence-corrected chi connectivity index (χ4v) is 8.97. The fraction of sp³-hybridized carbons (Fsp3) is 0.758. The Hall–Kier alpha value is -1.68. The molecule has 1 aromatic carbocycles. The van der Waals surface area contributed by atoms with E-state index in [1.165, 1.54) is 18.4 Å². The van der Waals surface area contributed by atoms with Crippen LogP contribution in [-0.2, 0) is 15.1 Å². The molecule has 0 saturated heterocycles. The molecule has 0 radical (unpaired) electrons. The average molecular weight is 508 g/mol. The second-order valence-corrected chi connectivity index (χ2v) is 14.1. The van der Waals surface area contributed by atoms with E-state index < -0.39 is 0 Å². The summed E-state index contributed by atoms with van der Waals surface area (Å²) in [5.41, 5.74) is 1.22. The maximum Gasteiger partial charge on any atom is 0.139 e. The lowest BCUT2D eigenvalue weighted by Crippen LogP contribution is -2.54. The highest BCUT2D eigenvalue weighted by Gasteiger charge is 2.61. The van der Waals surface area contributed by atoms with Crippen molar-refractivity contribution in [2.24, 2.45) is 40.4 Å². The van der Waals surface area contributed by atoms with Crippen molar-refractivity contribution in [1.82, 2.24) is 5.32 Å². The molecule has 0 aromatic heterocycles. The highest BCUT2D eigenvalue weighted by atomic mass is 16.5. The molecule has 4 saturated carbocycles. The Kier molecular flexibility index (Phi) is 7.37. The minimum Gasteiger partial charge on any atom is -0.494 e. The number of rotatable bonds is 8. The number of hydrogen-bond donors (Lipinski definition) is 1. The highest BCUT2D eigenvalue weighted by Crippen LogP contribution is 2.66. The molecule has 1 N–H and O–H groups in total. The SMILES string of the molecule is CC(C)CNC(C)(C)c1cccc(OCC[C@]23CCC4C(CCC5CC(=O)CC[C@@]54C)C2CCC3=O)c1. The molecule has 4 heteroatoms. The third-order valence-corrected chi connectivity index (χ3v) is 11.3. The van der Waals surface area contributed by atoms with Crippen molar-refractivity contribution < 1.29 is 14.3 Å². The molecule has 204 valence electrons. The van der Waals surface area contributed by atoms with Gasteiger partial charge in [-0.05, 0) is 118 Å². The standard InChI is InChI=1S/C33H49NO3/c1-22(2)21-34-31(3,4)23-7-6-8-26(20-23)37-18-17-33-16-14-28-27(29(33)11-12-30(33)36)10-9-24-19-25(35)13-15-32(24,28)5/h6-8,20,22,24,27-29,34H,9-19,21H2,1-5H3/t24?,27?,28?,29?,32-,33+/m0/s1. The van der Waals surface area contributed by atoms with Crippen LogP contribution < -0.4 is 10.1 Å². The maximum absolute atomic E-state index is 13.5. The van der Waals surface area contributed by atoms with Gasteiger partial charge in [0.1, 0.15) is 17.3 Å². The van der Waals surface area contributed by atoms with Gasteiger partial charge in [0.25, 0.3) is 0 Å². The first-order chi connectivity index (χ1) is 17.5. The Bertz CT molecular complexity index is 1010. The molecule has 37 heavy (non-hydrogen) atoms. The number of nitrogens with one attached hydrogen (secondary N) is 1. The lowest BCUT2D eigenvalue weighted by atomic mass is 9.45. The van der Waals surface area contributed by atoms with Gasteiger partial charge in [0, 0.05) is 30.2 Å². The summed E-state index contributed by atoms with van der Waals surface area (Å²) >= 11 is 0. The quantitative estimate of drug-likeness (QED) is 0.408. The van der Waals surface area contributed by atoms with Crippen molar-refractivity contribution in [2.75, 3.05) is 13.2 Å². The molecular weight excluding hydrogens is 458 g/mol. The number of benzene rings is 1. The molecule has 4 nitrogen and oxygen atoms in total. The Balaban J connectivity index is 1.26. The number of ether oxygens (including phenoxy) is 1. The van der Waals surface area contributed by atoms with E-state index in [9.17, 15) is 9.59 Å². The summed E-state index contributed by atoms with van der Waals surface area (Å²) in [6.07, 6.45) is 9.83. The van der Waals surface area contributed by atoms with Gasteiger partial charge in [-0.15, -0.1) is 0 Å². The van der Waals surface area contributed by atoms with Crippen molar-refractivity contribution in [2.45, 2.75) is 104 Å². The van der Waals surface area contributed by atoms with Gasteiger partial charge in [-0.1, -0.05) is 32.9 Å². The first kappa shape index (κ1) is 26.9.